The van der Waals surface area contributed by atoms with Gasteiger partial charge >= 0.3 is 0 Å². The summed E-state index contributed by atoms with van der Waals surface area (Å²) in [6.45, 7) is 4.25. The molecule has 3 heteroatoms. The van der Waals surface area contributed by atoms with Crippen molar-refractivity contribution in [3.05, 3.63) is 0 Å². The second-order valence-electron chi connectivity index (χ2n) is 1.58. The molecule has 0 aliphatic rings. The average Bonchev–Trinajstić information content (AvgIpc) is 1.38. The van der Waals surface area contributed by atoms with E-state index in [4.69, 9.17) is 5.11 Å². The van der Waals surface area contributed by atoms with Gasteiger partial charge in [0.15, 0.2) is 0 Å². The molecule has 0 aliphatic carbocycles. The molecule has 0 amide bonds. The zero-order valence-electron chi connectivity index (χ0n) is 4.64. The van der Waals surface area contributed by atoms with Gasteiger partial charge in [-0.3, -0.25) is 0 Å². The van der Waals surface area contributed by atoms with Crippen LogP contribution in [0.25, 0.3) is 0 Å². The van der Waals surface area contributed by atoms with Gasteiger partial charge in [-0.1, -0.05) is 13.8 Å². The summed E-state index contributed by atoms with van der Waals surface area (Å²) in [4.78, 5) is 0. The van der Waals surface area contributed by atoms with Gasteiger partial charge in [0.1, 0.15) is 0 Å². The Morgan fingerprint density at radius 3 is 1.57 bits per heavy atom. The Morgan fingerprint density at radius 2 is 1.57 bits per heavy atom. The minimum absolute atomic E-state index is 0. The van der Waals surface area contributed by atoms with Crippen molar-refractivity contribution in [1.29, 1.82) is 0 Å². The maximum Gasteiger partial charge on any atom is 0.0453 e. The van der Waals surface area contributed by atoms with E-state index in [9.17, 15) is 0 Å². The number of rotatable bonds is 1. The van der Waals surface area contributed by atoms with Crippen LogP contribution in [0.4, 0.5) is 0 Å². The van der Waals surface area contributed by atoms with E-state index < -0.39 is 0 Å². The van der Waals surface area contributed by atoms with Crippen LogP contribution in [-0.2, 0) is 21.7 Å². The minimum Gasteiger partial charge on any atom is -0.396 e. The molecular weight excluding hydrogens is 147 g/mol. The molecule has 44 valence electrons. The summed E-state index contributed by atoms with van der Waals surface area (Å²) in [7, 11) is 0. The summed E-state index contributed by atoms with van der Waals surface area (Å²) in [6.07, 6.45) is 0. The van der Waals surface area contributed by atoms with Crippen molar-refractivity contribution in [2.75, 3.05) is 6.61 Å². The fraction of sp³-hybridized carbons (Fsp3) is 1.00. The van der Waals surface area contributed by atoms with Crippen LogP contribution < -0.4 is 0 Å². The minimum atomic E-state index is 0. The second-order valence-corrected chi connectivity index (χ2v) is 1.58. The standard InChI is InChI=1S/C4H10O.ClH.Ti/c1-4(2)3-5;;/h4-5H,3H2,1-2H3;1H;. The van der Waals surface area contributed by atoms with Crippen molar-refractivity contribution in [3.63, 3.8) is 0 Å². The van der Waals surface area contributed by atoms with E-state index in [1.807, 2.05) is 13.8 Å². The van der Waals surface area contributed by atoms with Crippen LogP contribution in [0.5, 0.6) is 0 Å². The predicted octanol–water partition coefficient (Wildman–Crippen LogP) is 1.05. The van der Waals surface area contributed by atoms with E-state index in [0.29, 0.717) is 12.5 Å². The number of aliphatic hydroxyl groups excluding tert-OH is 1. The molecule has 0 saturated carbocycles. The molecule has 0 fully saturated rings. The first-order valence-electron chi connectivity index (χ1n) is 1.88. The zero-order chi connectivity index (χ0) is 4.28. The smallest absolute Gasteiger partial charge is 0.0453 e. The van der Waals surface area contributed by atoms with Crippen molar-refractivity contribution in [2.24, 2.45) is 5.92 Å². The molecule has 0 heterocycles. The van der Waals surface area contributed by atoms with Gasteiger partial charge in [0.25, 0.3) is 0 Å². The van der Waals surface area contributed by atoms with Crippen LogP contribution in [0.15, 0.2) is 0 Å². The molecule has 1 N–H and O–H groups in total. The molecule has 0 aromatic carbocycles. The van der Waals surface area contributed by atoms with Gasteiger partial charge in [0, 0.05) is 28.3 Å². The van der Waals surface area contributed by atoms with E-state index in [2.05, 4.69) is 0 Å². The second kappa shape index (κ2) is 10.1. The van der Waals surface area contributed by atoms with Crippen molar-refractivity contribution >= 4 is 12.4 Å². The summed E-state index contributed by atoms with van der Waals surface area (Å²) in [5.41, 5.74) is 0. The normalized spacial score (nSPS) is 6.86. The first kappa shape index (κ1) is 15.7. The van der Waals surface area contributed by atoms with Gasteiger partial charge in [0.2, 0.25) is 0 Å². The Hall–Kier alpha value is 0.964. The number of aliphatic hydroxyl groups is 1. The fourth-order valence-corrected chi connectivity index (χ4v) is 0. The van der Waals surface area contributed by atoms with Crippen molar-refractivity contribution in [3.8, 4) is 0 Å². The molecule has 0 saturated heterocycles. The molecular formula is C4H11ClOTi. The van der Waals surface area contributed by atoms with E-state index >= 15 is 0 Å². The monoisotopic (exact) mass is 158 g/mol. The Bertz CT molecular complexity index is 25.7. The van der Waals surface area contributed by atoms with Crippen LogP contribution in [-0.4, -0.2) is 11.7 Å². The average molecular weight is 158 g/mol. The first-order valence-corrected chi connectivity index (χ1v) is 1.88. The fourth-order valence-electron chi connectivity index (χ4n) is 0. The largest absolute Gasteiger partial charge is 0.396 e. The van der Waals surface area contributed by atoms with Gasteiger partial charge in [-0.15, -0.1) is 12.4 Å². The van der Waals surface area contributed by atoms with E-state index in [1.165, 1.54) is 0 Å². The Balaban J connectivity index is -0.0000000800. The van der Waals surface area contributed by atoms with Crippen molar-refractivity contribution in [2.45, 2.75) is 13.8 Å². The molecule has 0 aromatic heterocycles. The van der Waals surface area contributed by atoms with Crippen LogP contribution in [0.3, 0.4) is 0 Å². The molecule has 0 spiro atoms. The number of hydrogen-bond donors (Lipinski definition) is 1. The number of halogens is 1. The molecule has 1 nitrogen and oxygen atoms in total. The van der Waals surface area contributed by atoms with Crippen LogP contribution in [0.2, 0.25) is 0 Å². The third-order valence-corrected chi connectivity index (χ3v) is 0.365. The van der Waals surface area contributed by atoms with Gasteiger partial charge < -0.3 is 5.11 Å². The van der Waals surface area contributed by atoms with E-state index in [-0.39, 0.29) is 34.1 Å². The van der Waals surface area contributed by atoms with Gasteiger partial charge in [0.05, 0.1) is 0 Å². The van der Waals surface area contributed by atoms with Crippen LogP contribution in [0.1, 0.15) is 13.8 Å². The summed E-state index contributed by atoms with van der Waals surface area (Å²) < 4.78 is 0. The number of hydrogen-bond acceptors (Lipinski definition) is 1. The van der Waals surface area contributed by atoms with Gasteiger partial charge in [-0.25, -0.2) is 0 Å². The Labute approximate surface area is 65.8 Å². The topological polar surface area (TPSA) is 20.2 Å². The van der Waals surface area contributed by atoms with Crippen LogP contribution in [0, 0.1) is 5.92 Å². The predicted molar refractivity (Wildman–Crippen MR) is 29.2 cm³/mol. The molecule has 0 radical (unpaired) electrons. The zero-order valence-corrected chi connectivity index (χ0v) is 7.02. The maximum atomic E-state index is 8.14. The summed E-state index contributed by atoms with van der Waals surface area (Å²) >= 11 is 0. The molecule has 0 aliphatic heterocycles. The van der Waals surface area contributed by atoms with E-state index in [1.54, 1.807) is 0 Å². The third-order valence-electron chi connectivity index (χ3n) is 0.365. The van der Waals surface area contributed by atoms with Gasteiger partial charge in [-0.05, 0) is 5.92 Å². The molecule has 7 heavy (non-hydrogen) atoms. The molecule has 0 bridgehead atoms. The maximum absolute atomic E-state index is 8.14. The van der Waals surface area contributed by atoms with Crippen molar-refractivity contribution in [1.82, 2.24) is 0 Å². The van der Waals surface area contributed by atoms with E-state index in [0.717, 1.165) is 0 Å². The Kier molecular flexibility index (Phi) is 22.5. The van der Waals surface area contributed by atoms with Crippen LogP contribution >= 0.6 is 12.4 Å². The molecule has 0 unspecified atom stereocenters. The summed E-state index contributed by atoms with van der Waals surface area (Å²) in [6, 6.07) is 0. The third kappa shape index (κ3) is 19.5. The first-order chi connectivity index (χ1) is 2.27. The summed E-state index contributed by atoms with van der Waals surface area (Å²) in [5, 5.41) is 8.14. The quantitative estimate of drug-likeness (QED) is 0.566. The molecule has 0 aromatic rings. The molecule has 0 rings (SSSR count). The Morgan fingerprint density at radius 1 is 1.43 bits per heavy atom. The molecule has 0 atom stereocenters. The summed E-state index contributed by atoms with van der Waals surface area (Å²) in [5.74, 6) is 0.440. The SMILES string of the molecule is CC(C)CO.Cl.[Ti]. The van der Waals surface area contributed by atoms with Crippen molar-refractivity contribution < 1.29 is 26.8 Å². The van der Waals surface area contributed by atoms with Gasteiger partial charge in [-0.2, -0.15) is 0 Å².